The predicted molar refractivity (Wildman–Crippen MR) is 21.8 cm³/mol. The normalized spacial score (nSPS) is 20.0. The van der Waals surface area contributed by atoms with Crippen LogP contribution in [-0.2, 0) is 32.7 Å². The molecule has 1 fully saturated rings. The zero-order valence-corrected chi connectivity index (χ0v) is 6.61. The van der Waals surface area contributed by atoms with E-state index in [0.29, 0.717) is 0 Å². The summed E-state index contributed by atoms with van der Waals surface area (Å²) >= 11 is 0. The first-order valence-corrected chi connectivity index (χ1v) is 2.02. The van der Waals surface area contributed by atoms with Crippen LogP contribution in [0.4, 0.5) is 0 Å². The minimum absolute atomic E-state index is 0. The summed E-state index contributed by atoms with van der Waals surface area (Å²) < 4.78 is 0. The zero-order chi connectivity index (χ0) is 3.54. The van der Waals surface area contributed by atoms with Crippen LogP contribution in [0, 0.1) is 6.42 Å². The van der Waals surface area contributed by atoms with E-state index in [1.165, 1.54) is 13.0 Å². The summed E-state index contributed by atoms with van der Waals surface area (Å²) in [4.78, 5) is 0. The van der Waals surface area contributed by atoms with Crippen molar-refractivity contribution in [3.63, 3.8) is 0 Å². The fourth-order valence-electron chi connectivity index (χ4n) is 0.510. The monoisotopic (exact) mass is 159 g/mol. The van der Waals surface area contributed by atoms with Crippen molar-refractivity contribution in [1.82, 2.24) is 5.32 Å². The van der Waals surface area contributed by atoms with E-state index in [2.05, 4.69) is 11.7 Å². The van der Waals surface area contributed by atoms with Gasteiger partial charge in [-0.25, -0.2) is 0 Å². The Bertz CT molecular complexity index is 19.1. The summed E-state index contributed by atoms with van der Waals surface area (Å²) in [6.07, 6.45) is 3.51. The Labute approximate surface area is 63.8 Å². The van der Waals surface area contributed by atoms with Gasteiger partial charge in [-0.15, -0.1) is 6.54 Å². The van der Waals surface area contributed by atoms with Crippen LogP contribution in [0.1, 0.15) is 6.42 Å². The third kappa shape index (κ3) is 2.27. The van der Waals surface area contributed by atoms with Gasteiger partial charge in [-0.05, 0) is 6.54 Å². The summed E-state index contributed by atoms with van der Waals surface area (Å²) in [7, 11) is 0. The van der Waals surface area contributed by atoms with Gasteiger partial charge in [-0.1, -0.05) is 0 Å². The van der Waals surface area contributed by atoms with E-state index in [0.717, 1.165) is 6.54 Å². The molecule has 1 saturated heterocycles. The molecule has 1 N–H and O–H groups in total. The summed E-state index contributed by atoms with van der Waals surface area (Å²) in [5.74, 6) is 0. The number of hydrogen-bond donors (Lipinski definition) is 1. The molecule has 0 aromatic rings. The molecule has 0 unspecified atom stereocenters. The molecule has 0 aliphatic carbocycles. The van der Waals surface area contributed by atoms with Crippen molar-refractivity contribution in [1.29, 1.82) is 0 Å². The Morgan fingerprint density at radius 3 is 2.50 bits per heavy atom. The molecule has 1 nitrogen and oxygen atoms in total. The first-order chi connectivity index (χ1) is 2.50. The molecule has 2 heteroatoms. The first-order valence-electron chi connectivity index (χ1n) is 2.02. The van der Waals surface area contributed by atoms with Gasteiger partial charge in [0.05, 0.1) is 0 Å². The molecule has 0 spiro atoms. The van der Waals surface area contributed by atoms with Crippen molar-refractivity contribution in [3.05, 3.63) is 6.42 Å². The fraction of sp³-hybridized carbons (Fsp3) is 0.750. The van der Waals surface area contributed by atoms with Crippen LogP contribution in [0.25, 0.3) is 0 Å². The molecule has 1 aliphatic heterocycles. The Balaban J connectivity index is 0.000000250. The molecule has 0 bridgehead atoms. The van der Waals surface area contributed by atoms with E-state index in [1.54, 1.807) is 0 Å². The second kappa shape index (κ2) is 4.23. The van der Waals surface area contributed by atoms with Gasteiger partial charge in [0.15, 0.2) is 0 Å². The average Bonchev–Trinajstić information content (AvgIpc) is 1.76. The Morgan fingerprint density at radius 1 is 1.50 bits per heavy atom. The minimum Gasteiger partial charge on any atom is -0.349 e. The first kappa shape index (κ1) is 7.06. The third-order valence-electron chi connectivity index (χ3n) is 0.814. The molecule has 1 rings (SSSR count). The minimum atomic E-state index is 0. The smallest absolute Gasteiger partial charge is 0.349 e. The number of rotatable bonds is 0. The van der Waals surface area contributed by atoms with Crippen molar-refractivity contribution >= 4 is 0 Å². The van der Waals surface area contributed by atoms with Gasteiger partial charge in [0.25, 0.3) is 0 Å². The Hall–Kier alpha value is 1.06. The maximum absolute atomic E-state index is 3.17. The second-order valence-electron chi connectivity index (χ2n) is 1.28. The molecule has 0 atom stereocenters. The van der Waals surface area contributed by atoms with E-state index in [-0.39, 0.29) is 32.7 Å². The summed E-state index contributed by atoms with van der Waals surface area (Å²) in [5.41, 5.74) is 0. The van der Waals surface area contributed by atoms with Crippen LogP contribution in [0.5, 0.6) is 0 Å². The molecule has 0 aromatic heterocycles. The van der Waals surface area contributed by atoms with Gasteiger partial charge < -0.3 is 11.7 Å². The summed E-state index contributed by atoms with van der Waals surface area (Å²) in [6, 6.07) is 0. The molecule has 0 saturated carbocycles. The van der Waals surface area contributed by atoms with Crippen LogP contribution in [0.3, 0.4) is 0 Å². The van der Waals surface area contributed by atoms with E-state index in [9.17, 15) is 0 Å². The molecule has 0 radical (unpaired) electrons. The molecule has 30 valence electrons. The van der Waals surface area contributed by atoms with Gasteiger partial charge in [0.1, 0.15) is 0 Å². The summed E-state index contributed by atoms with van der Waals surface area (Å²) in [5, 5.41) is 3.17. The molecule has 6 heavy (non-hydrogen) atoms. The van der Waals surface area contributed by atoms with E-state index >= 15 is 0 Å². The largest absolute Gasteiger partial charge is 3.00 e. The second-order valence-corrected chi connectivity index (χ2v) is 1.28. The van der Waals surface area contributed by atoms with Gasteiger partial charge in [0, 0.05) is 0 Å². The van der Waals surface area contributed by atoms with Gasteiger partial charge in [-0.3, -0.25) is 0 Å². The van der Waals surface area contributed by atoms with Crippen molar-refractivity contribution in [2.45, 2.75) is 6.42 Å². The van der Waals surface area contributed by atoms with Crippen molar-refractivity contribution < 1.29 is 32.7 Å². The fourth-order valence-corrected chi connectivity index (χ4v) is 0.510. The third-order valence-corrected chi connectivity index (χ3v) is 0.814. The Morgan fingerprint density at radius 2 is 2.33 bits per heavy atom. The van der Waals surface area contributed by atoms with Gasteiger partial charge in [-0.2, -0.15) is 6.42 Å². The SMILES string of the molecule is [CH-]1CCNC1.[Y+3]. The van der Waals surface area contributed by atoms with Crippen molar-refractivity contribution in [2.24, 2.45) is 0 Å². The predicted octanol–water partition coefficient (Wildman–Crippen LogP) is 0.181. The van der Waals surface area contributed by atoms with Crippen LogP contribution >= 0.6 is 0 Å². The number of nitrogens with one attached hydrogen (secondary N) is 1. The van der Waals surface area contributed by atoms with Gasteiger partial charge in [0.2, 0.25) is 0 Å². The van der Waals surface area contributed by atoms with Gasteiger partial charge >= 0.3 is 32.7 Å². The standard InChI is InChI=1S/C4H8N.Y/c1-2-4-5-3-1;/h1,5H,2-4H2;/q-1;+3. The zero-order valence-electron chi connectivity index (χ0n) is 3.78. The van der Waals surface area contributed by atoms with Crippen LogP contribution < -0.4 is 5.32 Å². The average molecular weight is 159 g/mol. The van der Waals surface area contributed by atoms with E-state index in [4.69, 9.17) is 0 Å². The molecular weight excluding hydrogens is 151 g/mol. The van der Waals surface area contributed by atoms with Crippen LogP contribution in [-0.4, -0.2) is 13.1 Å². The molecule has 0 aromatic carbocycles. The molecule has 1 heterocycles. The van der Waals surface area contributed by atoms with E-state index < -0.39 is 0 Å². The van der Waals surface area contributed by atoms with Crippen LogP contribution in [0.2, 0.25) is 0 Å². The quantitative estimate of drug-likeness (QED) is 0.497. The van der Waals surface area contributed by atoms with Crippen molar-refractivity contribution in [3.8, 4) is 0 Å². The Kier molecular flexibility index (Phi) is 4.98. The van der Waals surface area contributed by atoms with Crippen molar-refractivity contribution in [2.75, 3.05) is 13.1 Å². The molecule has 0 amide bonds. The molecular formula is C4H8NY+2. The molecule has 1 aliphatic rings. The van der Waals surface area contributed by atoms with Crippen LogP contribution in [0.15, 0.2) is 0 Å². The maximum atomic E-state index is 3.17. The number of hydrogen-bond acceptors (Lipinski definition) is 1. The topological polar surface area (TPSA) is 12.0 Å². The maximum Gasteiger partial charge on any atom is 3.00 e. The van der Waals surface area contributed by atoms with E-state index in [1.807, 2.05) is 0 Å². The summed E-state index contributed by atoms with van der Waals surface area (Å²) in [6.45, 7) is 2.32.